The molecule has 3 aromatic carbocycles. The molecule has 0 radical (unpaired) electrons. The van der Waals surface area contributed by atoms with Crippen LogP contribution in [0.15, 0.2) is 60.7 Å². The summed E-state index contributed by atoms with van der Waals surface area (Å²) in [5, 5.41) is 7.54. The quantitative estimate of drug-likeness (QED) is 0.656. The van der Waals surface area contributed by atoms with Gasteiger partial charge in [-0.05, 0) is 43.0 Å². The van der Waals surface area contributed by atoms with Crippen LogP contribution in [0.3, 0.4) is 0 Å². The molecule has 152 valence electrons. The zero-order chi connectivity index (χ0) is 21.3. The van der Waals surface area contributed by atoms with Crippen LogP contribution in [0.2, 0.25) is 0 Å². The summed E-state index contributed by atoms with van der Waals surface area (Å²) in [7, 11) is 0. The van der Waals surface area contributed by atoms with Crippen molar-refractivity contribution in [1.82, 2.24) is 5.32 Å². The summed E-state index contributed by atoms with van der Waals surface area (Å²) in [6.07, 6.45) is 0.809. The fourth-order valence-corrected chi connectivity index (χ4v) is 3.66. The van der Waals surface area contributed by atoms with Crippen molar-refractivity contribution in [3.8, 4) is 0 Å². The number of para-hydroxylation sites is 1. The normalized spacial score (nSPS) is 13.4. The van der Waals surface area contributed by atoms with E-state index < -0.39 is 0 Å². The molecule has 2 N–H and O–H groups in total. The molecule has 1 atom stereocenters. The number of carbonyl (C=O) groups excluding carboxylic acids is 3. The van der Waals surface area contributed by atoms with Crippen molar-refractivity contribution >= 4 is 39.9 Å². The predicted molar refractivity (Wildman–Crippen MR) is 118 cm³/mol. The van der Waals surface area contributed by atoms with Crippen LogP contribution in [0.5, 0.6) is 0 Å². The topological polar surface area (TPSA) is 78.5 Å². The second-order valence-electron chi connectivity index (χ2n) is 7.45. The van der Waals surface area contributed by atoms with E-state index >= 15 is 0 Å². The van der Waals surface area contributed by atoms with E-state index in [1.165, 1.54) is 4.90 Å². The molecule has 0 saturated carbocycles. The summed E-state index contributed by atoms with van der Waals surface area (Å²) >= 11 is 0. The summed E-state index contributed by atoms with van der Waals surface area (Å²) in [5.74, 6) is -0.800. The van der Waals surface area contributed by atoms with Crippen LogP contribution in [-0.2, 0) is 4.79 Å². The monoisotopic (exact) mass is 401 g/mol. The van der Waals surface area contributed by atoms with Gasteiger partial charge in [-0.1, -0.05) is 43.3 Å². The van der Waals surface area contributed by atoms with Crippen molar-refractivity contribution < 1.29 is 14.4 Å². The molecular weight excluding hydrogens is 378 g/mol. The molecule has 0 unspecified atom stereocenters. The molecule has 1 heterocycles. The minimum absolute atomic E-state index is 0.0301. The molecule has 6 nitrogen and oxygen atoms in total. The Balaban J connectivity index is 1.54. The molecule has 0 aliphatic carbocycles. The lowest BCUT2D eigenvalue weighted by Crippen LogP contribution is -2.36. The Kier molecular flexibility index (Phi) is 5.23. The molecule has 0 bridgehead atoms. The highest BCUT2D eigenvalue weighted by molar-refractivity contribution is 6.26. The van der Waals surface area contributed by atoms with Gasteiger partial charge in [-0.2, -0.15) is 0 Å². The number of rotatable bonds is 6. The second-order valence-corrected chi connectivity index (χ2v) is 7.45. The smallest absolute Gasteiger partial charge is 0.259 e. The van der Waals surface area contributed by atoms with Crippen molar-refractivity contribution in [2.24, 2.45) is 0 Å². The standard InChI is InChI=1S/C24H23N3O3/c1-3-15(2)25-23(29)17-10-4-5-12-19(17)26-21(28)14-27-20-13-7-9-16-8-6-11-18(22(16)20)24(27)30/h4-13,15H,3,14H2,1-2H3,(H,25,29)(H,26,28)/t15-/m0/s1. The number of hydrogen-bond donors (Lipinski definition) is 2. The fraction of sp³-hybridized carbons (Fsp3) is 0.208. The number of amides is 3. The van der Waals surface area contributed by atoms with Crippen LogP contribution < -0.4 is 15.5 Å². The lowest BCUT2D eigenvalue weighted by atomic mass is 10.1. The zero-order valence-electron chi connectivity index (χ0n) is 16.9. The molecule has 1 aliphatic rings. The van der Waals surface area contributed by atoms with Gasteiger partial charge in [0, 0.05) is 17.0 Å². The summed E-state index contributed by atoms with van der Waals surface area (Å²) < 4.78 is 0. The fourth-order valence-electron chi connectivity index (χ4n) is 3.66. The maximum Gasteiger partial charge on any atom is 0.259 e. The highest BCUT2D eigenvalue weighted by Gasteiger charge is 2.31. The van der Waals surface area contributed by atoms with E-state index in [0.717, 1.165) is 22.9 Å². The Hall–Kier alpha value is -3.67. The lowest BCUT2D eigenvalue weighted by molar-refractivity contribution is -0.114. The van der Waals surface area contributed by atoms with E-state index in [4.69, 9.17) is 0 Å². The van der Waals surface area contributed by atoms with Crippen molar-refractivity contribution in [3.05, 3.63) is 71.8 Å². The van der Waals surface area contributed by atoms with Gasteiger partial charge in [0.1, 0.15) is 6.54 Å². The second kappa shape index (κ2) is 7.99. The Morgan fingerprint density at radius 3 is 2.50 bits per heavy atom. The van der Waals surface area contributed by atoms with Gasteiger partial charge in [-0.25, -0.2) is 0 Å². The first-order valence-electron chi connectivity index (χ1n) is 10.0. The van der Waals surface area contributed by atoms with Crippen LogP contribution in [0.4, 0.5) is 11.4 Å². The van der Waals surface area contributed by atoms with Crippen LogP contribution in [0.1, 0.15) is 41.0 Å². The Labute approximate surface area is 174 Å². The largest absolute Gasteiger partial charge is 0.350 e. The first-order valence-corrected chi connectivity index (χ1v) is 10.0. The molecule has 4 rings (SSSR count). The van der Waals surface area contributed by atoms with E-state index in [1.54, 1.807) is 30.3 Å². The summed E-state index contributed by atoms with van der Waals surface area (Å²) in [4.78, 5) is 39.7. The maximum absolute atomic E-state index is 12.9. The van der Waals surface area contributed by atoms with Gasteiger partial charge in [0.25, 0.3) is 11.8 Å². The van der Waals surface area contributed by atoms with Crippen molar-refractivity contribution in [2.75, 3.05) is 16.8 Å². The van der Waals surface area contributed by atoms with Gasteiger partial charge >= 0.3 is 0 Å². The molecular formula is C24H23N3O3. The van der Waals surface area contributed by atoms with Crippen LogP contribution in [-0.4, -0.2) is 30.3 Å². The molecule has 30 heavy (non-hydrogen) atoms. The highest BCUT2D eigenvalue weighted by Crippen LogP contribution is 2.36. The van der Waals surface area contributed by atoms with Crippen molar-refractivity contribution in [1.29, 1.82) is 0 Å². The van der Waals surface area contributed by atoms with Crippen LogP contribution in [0, 0.1) is 0 Å². The Bertz CT molecular complexity index is 1150. The van der Waals surface area contributed by atoms with E-state index in [0.29, 0.717) is 16.8 Å². The molecule has 0 saturated heterocycles. The number of carbonyl (C=O) groups is 3. The van der Waals surface area contributed by atoms with Crippen molar-refractivity contribution in [2.45, 2.75) is 26.3 Å². The van der Waals surface area contributed by atoms with Crippen LogP contribution in [0.25, 0.3) is 10.8 Å². The third-order valence-electron chi connectivity index (χ3n) is 5.39. The molecule has 3 amide bonds. The van der Waals surface area contributed by atoms with Gasteiger partial charge < -0.3 is 10.6 Å². The SMILES string of the molecule is CC[C@H](C)NC(=O)c1ccccc1NC(=O)CN1C(=O)c2cccc3cccc1c23. The average Bonchev–Trinajstić information content (AvgIpc) is 3.02. The molecule has 0 aromatic heterocycles. The minimum Gasteiger partial charge on any atom is -0.350 e. The molecule has 1 aliphatic heterocycles. The van der Waals surface area contributed by atoms with E-state index in [2.05, 4.69) is 10.6 Å². The van der Waals surface area contributed by atoms with Gasteiger partial charge in [-0.3, -0.25) is 19.3 Å². The number of hydrogen-bond acceptors (Lipinski definition) is 3. The minimum atomic E-state index is -0.364. The lowest BCUT2D eigenvalue weighted by Gasteiger charge is -2.18. The predicted octanol–water partition coefficient (Wildman–Crippen LogP) is 3.97. The number of benzene rings is 3. The molecule has 3 aromatic rings. The Morgan fingerprint density at radius 2 is 1.73 bits per heavy atom. The molecule has 0 fully saturated rings. The molecule has 6 heteroatoms. The summed E-state index contributed by atoms with van der Waals surface area (Å²) in [5.41, 5.74) is 2.14. The molecule has 0 spiro atoms. The number of anilines is 2. The maximum atomic E-state index is 12.9. The first-order chi connectivity index (χ1) is 14.5. The Morgan fingerprint density at radius 1 is 1.00 bits per heavy atom. The first kappa shape index (κ1) is 19.6. The third-order valence-corrected chi connectivity index (χ3v) is 5.39. The van der Waals surface area contributed by atoms with Gasteiger partial charge in [-0.15, -0.1) is 0 Å². The summed E-state index contributed by atoms with van der Waals surface area (Å²) in [6, 6.07) is 18.1. The van der Waals surface area contributed by atoms with E-state index in [9.17, 15) is 14.4 Å². The highest BCUT2D eigenvalue weighted by atomic mass is 16.2. The summed E-state index contributed by atoms with van der Waals surface area (Å²) in [6.45, 7) is 3.79. The number of nitrogens with zero attached hydrogens (tertiary/aromatic N) is 1. The van der Waals surface area contributed by atoms with Gasteiger partial charge in [0.15, 0.2) is 0 Å². The van der Waals surface area contributed by atoms with Gasteiger partial charge in [0.2, 0.25) is 5.91 Å². The van der Waals surface area contributed by atoms with Crippen molar-refractivity contribution in [3.63, 3.8) is 0 Å². The van der Waals surface area contributed by atoms with Gasteiger partial charge in [0.05, 0.1) is 16.9 Å². The van der Waals surface area contributed by atoms with E-state index in [-0.39, 0.29) is 30.3 Å². The third kappa shape index (κ3) is 3.52. The van der Waals surface area contributed by atoms with E-state index in [1.807, 2.05) is 44.2 Å². The number of nitrogens with one attached hydrogen (secondary N) is 2. The van der Waals surface area contributed by atoms with Crippen LogP contribution >= 0.6 is 0 Å². The zero-order valence-corrected chi connectivity index (χ0v) is 16.9. The average molecular weight is 401 g/mol.